The highest BCUT2D eigenvalue weighted by Gasteiger charge is 2.33. The van der Waals surface area contributed by atoms with Crippen molar-refractivity contribution >= 4 is 23.9 Å². The summed E-state index contributed by atoms with van der Waals surface area (Å²) in [7, 11) is 2.95. The minimum atomic E-state index is -1.25. The summed E-state index contributed by atoms with van der Waals surface area (Å²) in [4.78, 5) is 50.7. The van der Waals surface area contributed by atoms with Crippen LogP contribution in [0.2, 0.25) is 0 Å². The molecule has 1 aliphatic rings. The number of alkyl carbamates (subject to hydrolysis) is 1. The Kier molecular flexibility index (Phi) is 8.68. The summed E-state index contributed by atoms with van der Waals surface area (Å²) in [5, 5.41) is 14.3. The number of carbonyl (C=O) groups excluding carboxylic acids is 3. The molecule has 3 N–H and O–H groups in total. The minimum absolute atomic E-state index is 0.0927. The maximum Gasteiger partial charge on any atom is 0.407 e. The molecular weight excluding hydrogens is 462 g/mol. The first-order valence-corrected chi connectivity index (χ1v) is 12.0. The maximum atomic E-state index is 13.0. The highest BCUT2D eigenvalue weighted by Crippen LogP contribution is 2.44. The Morgan fingerprint density at radius 2 is 1.53 bits per heavy atom. The Morgan fingerprint density at radius 3 is 2.03 bits per heavy atom. The second-order valence-corrected chi connectivity index (χ2v) is 9.22. The molecule has 3 amide bonds. The number of hydrogen-bond donors (Lipinski definition) is 3. The van der Waals surface area contributed by atoms with Gasteiger partial charge in [-0.1, -0.05) is 68.8 Å². The average molecular weight is 496 g/mol. The normalized spacial score (nSPS) is 14.6. The Balaban J connectivity index is 1.70. The van der Waals surface area contributed by atoms with Gasteiger partial charge in [0.05, 0.1) is 6.42 Å². The second kappa shape index (κ2) is 11.7. The molecular formula is C27H33N3O6. The monoisotopic (exact) mass is 495 g/mol. The van der Waals surface area contributed by atoms with Gasteiger partial charge in [0, 0.05) is 20.0 Å². The molecule has 0 radical (unpaired) electrons. The number of carboxylic acids is 1. The Labute approximate surface area is 210 Å². The Morgan fingerprint density at radius 1 is 0.972 bits per heavy atom. The van der Waals surface area contributed by atoms with Gasteiger partial charge >= 0.3 is 12.1 Å². The summed E-state index contributed by atoms with van der Waals surface area (Å²) in [6.45, 7) is 3.74. The van der Waals surface area contributed by atoms with Crippen LogP contribution in [-0.4, -0.2) is 66.7 Å². The zero-order chi connectivity index (χ0) is 26.4. The van der Waals surface area contributed by atoms with E-state index in [1.54, 1.807) is 6.92 Å². The fourth-order valence-electron chi connectivity index (χ4n) is 4.42. The molecule has 0 aliphatic heterocycles. The van der Waals surface area contributed by atoms with Crippen molar-refractivity contribution in [2.75, 3.05) is 20.7 Å². The number of carboxylic acid groups (broad SMARTS) is 1. The zero-order valence-electron chi connectivity index (χ0n) is 21.0. The number of fused-ring (bicyclic) bond motifs is 3. The van der Waals surface area contributed by atoms with Gasteiger partial charge in [-0.25, -0.2) is 4.79 Å². The molecule has 36 heavy (non-hydrogen) atoms. The lowest BCUT2D eigenvalue weighted by Crippen LogP contribution is -2.56. The van der Waals surface area contributed by atoms with E-state index in [1.807, 2.05) is 55.5 Å². The van der Waals surface area contributed by atoms with Crippen LogP contribution < -0.4 is 10.6 Å². The zero-order valence-corrected chi connectivity index (χ0v) is 21.0. The number of aliphatic carboxylic acids is 1. The van der Waals surface area contributed by atoms with Gasteiger partial charge in [-0.3, -0.25) is 14.4 Å². The van der Waals surface area contributed by atoms with Crippen molar-refractivity contribution in [3.63, 3.8) is 0 Å². The predicted octanol–water partition coefficient (Wildman–Crippen LogP) is 2.99. The van der Waals surface area contributed by atoms with Crippen LogP contribution in [0.1, 0.15) is 43.7 Å². The lowest BCUT2D eigenvalue weighted by Gasteiger charge is -2.27. The first kappa shape index (κ1) is 26.7. The summed E-state index contributed by atoms with van der Waals surface area (Å²) in [6, 6.07) is 13.7. The average Bonchev–Trinajstić information content (AvgIpc) is 3.18. The summed E-state index contributed by atoms with van der Waals surface area (Å²) >= 11 is 0. The van der Waals surface area contributed by atoms with E-state index >= 15 is 0 Å². The lowest BCUT2D eigenvalue weighted by atomic mass is 9.97. The molecule has 9 heteroatoms. The van der Waals surface area contributed by atoms with E-state index in [4.69, 9.17) is 9.84 Å². The van der Waals surface area contributed by atoms with Crippen molar-refractivity contribution in [2.24, 2.45) is 5.92 Å². The number of rotatable bonds is 10. The van der Waals surface area contributed by atoms with E-state index in [2.05, 4.69) is 10.6 Å². The van der Waals surface area contributed by atoms with Crippen molar-refractivity contribution in [1.82, 2.24) is 15.5 Å². The van der Waals surface area contributed by atoms with E-state index in [-0.39, 0.29) is 18.4 Å². The van der Waals surface area contributed by atoms with Crippen LogP contribution in [0.25, 0.3) is 11.1 Å². The fraction of sp³-hybridized carbons (Fsp3) is 0.407. The smallest absolute Gasteiger partial charge is 0.407 e. The van der Waals surface area contributed by atoms with E-state index in [0.29, 0.717) is 6.42 Å². The molecule has 0 unspecified atom stereocenters. The molecule has 2 aromatic carbocycles. The molecule has 3 rings (SSSR count). The van der Waals surface area contributed by atoms with Crippen molar-refractivity contribution in [3.05, 3.63) is 59.7 Å². The molecule has 9 nitrogen and oxygen atoms in total. The number of carbonyl (C=O) groups is 4. The fourth-order valence-corrected chi connectivity index (χ4v) is 4.42. The van der Waals surface area contributed by atoms with Crippen LogP contribution in [0.15, 0.2) is 48.5 Å². The topological polar surface area (TPSA) is 125 Å². The maximum absolute atomic E-state index is 13.0. The third kappa shape index (κ3) is 6.02. The number of ether oxygens (including phenoxy) is 1. The van der Waals surface area contributed by atoms with Crippen LogP contribution in [-0.2, 0) is 19.1 Å². The van der Waals surface area contributed by atoms with Crippen molar-refractivity contribution < 1.29 is 29.0 Å². The van der Waals surface area contributed by atoms with Gasteiger partial charge in [-0.2, -0.15) is 0 Å². The number of benzene rings is 2. The van der Waals surface area contributed by atoms with Gasteiger partial charge in [0.2, 0.25) is 11.8 Å². The summed E-state index contributed by atoms with van der Waals surface area (Å²) < 4.78 is 5.57. The Bertz CT molecular complexity index is 1090. The highest BCUT2D eigenvalue weighted by atomic mass is 16.5. The molecule has 0 fully saturated rings. The highest BCUT2D eigenvalue weighted by molar-refractivity contribution is 5.93. The van der Waals surface area contributed by atoms with Gasteiger partial charge in [-0.15, -0.1) is 0 Å². The lowest BCUT2D eigenvalue weighted by molar-refractivity contribution is -0.143. The summed E-state index contributed by atoms with van der Waals surface area (Å²) in [6.07, 6.45) is -0.764. The van der Waals surface area contributed by atoms with E-state index < -0.39 is 42.4 Å². The first-order chi connectivity index (χ1) is 17.1. The largest absolute Gasteiger partial charge is 0.481 e. The number of nitrogens with one attached hydrogen (secondary N) is 2. The summed E-state index contributed by atoms with van der Waals surface area (Å²) in [5.74, 6) is -2.82. The Hall–Kier alpha value is -3.88. The van der Waals surface area contributed by atoms with Gasteiger partial charge in [-0.05, 0) is 28.2 Å². The molecule has 0 aromatic heterocycles. The number of amides is 3. The third-order valence-corrected chi connectivity index (χ3v) is 6.55. The third-order valence-electron chi connectivity index (χ3n) is 6.55. The van der Waals surface area contributed by atoms with Crippen molar-refractivity contribution in [1.29, 1.82) is 0 Å². The minimum Gasteiger partial charge on any atom is -0.481 e. The molecule has 0 spiro atoms. The van der Waals surface area contributed by atoms with E-state index in [9.17, 15) is 19.2 Å². The van der Waals surface area contributed by atoms with Gasteiger partial charge in [0.1, 0.15) is 18.7 Å². The second-order valence-electron chi connectivity index (χ2n) is 9.22. The van der Waals surface area contributed by atoms with Crippen LogP contribution in [0.3, 0.4) is 0 Å². The molecule has 192 valence electrons. The van der Waals surface area contributed by atoms with Crippen molar-refractivity contribution in [3.8, 4) is 11.1 Å². The summed E-state index contributed by atoms with van der Waals surface area (Å²) in [5.41, 5.74) is 4.35. The van der Waals surface area contributed by atoms with Crippen LogP contribution in [0.5, 0.6) is 0 Å². The number of hydrogen-bond acceptors (Lipinski definition) is 5. The SMILES string of the molecule is CC[C@H](C)[C@H](NC(=O)OCC1c2ccccc2-c2ccccc21)C(=O)N[C@@H](CC(=O)O)C(=O)N(C)C. The van der Waals surface area contributed by atoms with Crippen LogP contribution in [0.4, 0.5) is 4.79 Å². The molecule has 3 atom stereocenters. The van der Waals surface area contributed by atoms with Crippen LogP contribution in [0, 0.1) is 5.92 Å². The predicted molar refractivity (Wildman–Crippen MR) is 134 cm³/mol. The molecule has 0 heterocycles. The van der Waals surface area contributed by atoms with E-state index in [1.165, 1.54) is 19.0 Å². The molecule has 0 saturated heterocycles. The first-order valence-electron chi connectivity index (χ1n) is 12.0. The van der Waals surface area contributed by atoms with E-state index in [0.717, 1.165) is 22.3 Å². The quantitative estimate of drug-likeness (QED) is 0.465. The van der Waals surface area contributed by atoms with Crippen molar-refractivity contribution in [2.45, 2.75) is 44.7 Å². The molecule has 0 saturated carbocycles. The molecule has 1 aliphatic carbocycles. The number of likely N-dealkylation sites (N-methyl/N-ethyl adjacent to an activating group) is 1. The number of nitrogens with zero attached hydrogens (tertiary/aromatic N) is 1. The molecule has 0 bridgehead atoms. The molecule has 2 aromatic rings. The standard InChI is InChI=1S/C27H33N3O6/c1-5-16(2)24(25(33)28-22(14-23(31)32)26(34)30(3)4)29-27(35)36-15-21-19-12-8-6-10-17(19)18-11-7-9-13-20(18)21/h6-13,16,21-22,24H,5,14-15H2,1-4H3,(H,28,33)(H,29,35)(H,31,32)/t16-,22-,24-/m0/s1. The van der Waals surface area contributed by atoms with Crippen LogP contribution >= 0.6 is 0 Å². The van der Waals surface area contributed by atoms with Gasteiger partial charge in [0.25, 0.3) is 0 Å². The van der Waals surface area contributed by atoms with Gasteiger partial charge < -0.3 is 25.4 Å². The van der Waals surface area contributed by atoms with Gasteiger partial charge in [0.15, 0.2) is 0 Å².